The molecule has 1 aromatic rings. The zero-order chi connectivity index (χ0) is 15.9. The van der Waals surface area contributed by atoms with E-state index in [0.717, 1.165) is 43.4 Å². The maximum atomic E-state index is 12.5. The second-order valence-electron chi connectivity index (χ2n) is 6.78. The monoisotopic (exact) mass is 302 g/mol. The number of carbonyl (C=O) groups excluding carboxylic acids is 2. The zero-order valence-electron chi connectivity index (χ0n) is 13.4. The molecule has 1 amide bonds. The molecule has 0 radical (unpaired) electrons. The first-order valence-electron chi connectivity index (χ1n) is 7.86. The number of methoxy groups -OCH3 is 1. The molecule has 1 saturated carbocycles. The molecule has 5 heteroatoms. The van der Waals surface area contributed by atoms with Crippen molar-refractivity contribution in [1.82, 2.24) is 4.98 Å². The Kier molecular flexibility index (Phi) is 3.67. The number of hydrogen-bond donors (Lipinski definition) is 1. The van der Waals surface area contributed by atoms with Crippen molar-refractivity contribution in [2.75, 3.05) is 12.4 Å². The maximum Gasteiger partial charge on any atom is 0.338 e. The second kappa shape index (κ2) is 5.38. The van der Waals surface area contributed by atoms with Crippen molar-refractivity contribution in [3.05, 3.63) is 22.9 Å². The Morgan fingerprint density at radius 1 is 1.32 bits per heavy atom. The SMILES string of the molecule is COC(=O)c1cc(NC(=O)C(C)(C)C2CC2)nc2c1CCC2. The average molecular weight is 302 g/mol. The van der Waals surface area contributed by atoms with Gasteiger partial charge in [0.25, 0.3) is 0 Å². The van der Waals surface area contributed by atoms with Crippen LogP contribution in [0.15, 0.2) is 6.07 Å². The second-order valence-corrected chi connectivity index (χ2v) is 6.78. The van der Waals surface area contributed by atoms with E-state index in [1.54, 1.807) is 6.07 Å². The Balaban J connectivity index is 1.88. The molecule has 5 nitrogen and oxygen atoms in total. The fraction of sp³-hybridized carbons (Fsp3) is 0.588. The smallest absolute Gasteiger partial charge is 0.338 e. The molecule has 1 fully saturated rings. The Hall–Kier alpha value is -1.91. The summed E-state index contributed by atoms with van der Waals surface area (Å²) in [5.41, 5.74) is 2.00. The highest BCUT2D eigenvalue weighted by Crippen LogP contribution is 2.45. The lowest BCUT2D eigenvalue weighted by molar-refractivity contribution is -0.125. The lowest BCUT2D eigenvalue weighted by Crippen LogP contribution is -2.33. The normalized spacial score (nSPS) is 17.0. The first-order chi connectivity index (χ1) is 10.4. The Morgan fingerprint density at radius 3 is 2.68 bits per heavy atom. The minimum absolute atomic E-state index is 0.0312. The van der Waals surface area contributed by atoms with Crippen LogP contribution < -0.4 is 5.32 Å². The van der Waals surface area contributed by atoms with Crippen LogP contribution in [0.3, 0.4) is 0 Å². The van der Waals surface area contributed by atoms with E-state index in [-0.39, 0.29) is 11.9 Å². The van der Waals surface area contributed by atoms with Gasteiger partial charge in [-0.25, -0.2) is 9.78 Å². The van der Waals surface area contributed by atoms with Crippen LogP contribution in [0.5, 0.6) is 0 Å². The average Bonchev–Trinajstić information content (AvgIpc) is 3.25. The standard InChI is InChI=1S/C17H22N2O3/c1-17(2,10-7-8-10)16(21)19-14-9-12(15(20)22-3)11-5-4-6-13(11)18-14/h9-10H,4-8H2,1-3H3,(H,18,19,21). The molecule has 2 aliphatic carbocycles. The fourth-order valence-corrected chi connectivity index (χ4v) is 3.17. The highest BCUT2D eigenvalue weighted by molar-refractivity contribution is 5.97. The molecule has 118 valence electrons. The van der Waals surface area contributed by atoms with Gasteiger partial charge in [0, 0.05) is 11.1 Å². The number of pyridine rings is 1. The van der Waals surface area contributed by atoms with Crippen LogP contribution in [0.4, 0.5) is 5.82 Å². The van der Waals surface area contributed by atoms with E-state index in [4.69, 9.17) is 4.74 Å². The predicted molar refractivity (Wildman–Crippen MR) is 82.7 cm³/mol. The van der Waals surface area contributed by atoms with Crippen LogP contribution in [0.2, 0.25) is 0 Å². The third-order valence-electron chi connectivity index (χ3n) is 4.88. The number of nitrogens with one attached hydrogen (secondary N) is 1. The molecular formula is C17H22N2O3. The summed E-state index contributed by atoms with van der Waals surface area (Å²) in [6.45, 7) is 3.93. The molecule has 1 N–H and O–H groups in total. The van der Waals surface area contributed by atoms with E-state index in [1.807, 2.05) is 13.8 Å². The van der Waals surface area contributed by atoms with Crippen LogP contribution in [-0.2, 0) is 22.4 Å². The van der Waals surface area contributed by atoms with Crippen molar-refractivity contribution in [3.8, 4) is 0 Å². The molecule has 0 atom stereocenters. The summed E-state index contributed by atoms with van der Waals surface area (Å²) in [6, 6.07) is 1.65. The number of aromatic nitrogens is 1. The third-order valence-corrected chi connectivity index (χ3v) is 4.88. The van der Waals surface area contributed by atoms with Crippen LogP contribution in [0.25, 0.3) is 0 Å². The molecule has 1 aromatic heterocycles. The van der Waals surface area contributed by atoms with Gasteiger partial charge in [0.05, 0.1) is 12.7 Å². The molecule has 0 unspecified atom stereocenters. The van der Waals surface area contributed by atoms with E-state index in [9.17, 15) is 9.59 Å². The Labute approximate surface area is 130 Å². The van der Waals surface area contributed by atoms with Gasteiger partial charge in [-0.15, -0.1) is 0 Å². The summed E-state index contributed by atoms with van der Waals surface area (Å²) in [6.07, 6.45) is 4.87. The number of aryl methyl sites for hydroxylation is 1. The van der Waals surface area contributed by atoms with E-state index in [1.165, 1.54) is 7.11 Å². The summed E-state index contributed by atoms with van der Waals surface area (Å²) in [4.78, 5) is 29.0. The Bertz CT molecular complexity index is 633. The van der Waals surface area contributed by atoms with Crippen LogP contribution in [0.1, 0.15) is 54.7 Å². The number of nitrogens with zero attached hydrogens (tertiary/aromatic N) is 1. The Morgan fingerprint density at radius 2 is 2.05 bits per heavy atom. The van der Waals surface area contributed by atoms with Crippen molar-refractivity contribution in [2.24, 2.45) is 11.3 Å². The molecule has 3 rings (SSSR count). The summed E-state index contributed by atoms with van der Waals surface area (Å²) in [5.74, 6) is 0.510. The molecule has 0 saturated heterocycles. The first kappa shape index (κ1) is 15.0. The van der Waals surface area contributed by atoms with Gasteiger partial charge in [-0.1, -0.05) is 13.8 Å². The number of fused-ring (bicyclic) bond motifs is 1. The van der Waals surface area contributed by atoms with Crippen LogP contribution >= 0.6 is 0 Å². The van der Waals surface area contributed by atoms with Gasteiger partial charge < -0.3 is 10.1 Å². The van der Waals surface area contributed by atoms with E-state index >= 15 is 0 Å². The minimum atomic E-state index is -0.397. The van der Waals surface area contributed by atoms with Gasteiger partial charge in [0.2, 0.25) is 5.91 Å². The topological polar surface area (TPSA) is 68.3 Å². The van der Waals surface area contributed by atoms with Crippen molar-refractivity contribution >= 4 is 17.7 Å². The molecule has 0 spiro atoms. The summed E-state index contributed by atoms with van der Waals surface area (Å²) in [5, 5.41) is 2.89. The fourth-order valence-electron chi connectivity index (χ4n) is 3.17. The van der Waals surface area contributed by atoms with Crippen molar-refractivity contribution in [2.45, 2.75) is 46.0 Å². The van der Waals surface area contributed by atoms with Crippen molar-refractivity contribution in [1.29, 1.82) is 0 Å². The number of carbonyl (C=O) groups is 2. The summed E-state index contributed by atoms with van der Waals surface area (Å²) >= 11 is 0. The van der Waals surface area contributed by atoms with Crippen molar-refractivity contribution < 1.29 is 14.3 Å². The molecule has 0 aliphatic heterocycles. The lowest BCUT2D eigenvalue weighted by Gasteiger charge is -2.23. The van der Waals surface area contributed by atoms with Gasteiger partial charge in [-0.3, -0.25) is 4.79 Å². The highest BCUT2D eigenvalue weighted by Gasteiger charge is 2.43. The predicted octanol–water partition coefficient (Wildman–Crippen LogP) is 2.73. The van der Waals surface area contributed by atoms with Crippen molar-refractivity contribution in [3.63, 3.8) is 0 Å². The molecule has 1 heterocycles. The van der Waals surface area contributed by atoms with Gasteiger partial charge >= 0.3 is 5.97 Å². The lowest BCUT2D eigenvalue weighted by atomic mass is 9.86. The zero-order valence-corrected chi connectivity index (χ0v) is 13.4. The maximum absolute atomic E-state index is 12.5. The molecule has 0 aromatic carbocycles. The largest absolute Gasteiger partial charge is 0.465 e. The van der Waals surface area contributed by atoms with Crippen LogP contribution in [-0.4, -0.2) is 24.0 Å². The minimum Gasteiger partial charge on any atom is -0.465 e. The summed E-state index contributed by atoms with van der Waals surface area (Å²) < 4.78 is 4.86. The molecule has 0 bridgehead atoms. The number of anilines is 1. The van der Waals surface area contributed by atoms with Gasteiger partial charge in [-0.05, 0) is 49.7 Å². The van der Waals surface area contributed by atoms with E-state index in [0.29, 0.717) is 17.3 Å². The summed E-state index contributed by atoms with van der Waals surface area (Å²) in [7, 11) is 1.37. The highest BCUT2D eigenvalue weighted by atomic mass is 16.5. The van der Waals surface area contributed by atoms with Gasteiger partial charge in [-0.2, -0.15) is 0 Å². The van der Waals surface area contributed by atoms with Crippen LogP contribution in [0, 0.1) is 11.3 Å². The molecule has 22 heavy (non-hydrogen) atoms. The number of hydrogen-bond acceptors (Lipinski definition) is 4. The molecule has 2 aliphatic rings. The number of ether oxygens (including phenoxy) is 1. The first-order valence-corrected chi connectivity index (χ1v) is 7.86. The number of rotatable bonds is 4. The number of amides is 1. The third kappa shape index (κ3) is 2.60. The van der Waals surface area contributed by atoms with Gasteiger partial charge in [0.15, 0.2) is 0 Å². The molecular weight excluding hydrogens is 280 g/mol. The number of esters is 1. The quantitative estimate of drug-likeness (QED) is 0.868. The van der Waals surface area contributed by atoms with Gasteiger partial charge in [0.1, 0.15) is 5.82 Å². The van der Waals surface area contributed by atoms with E-state index in [2.05, 4.69) is 10.3 Å². The van der Waals surface area contributed by atoms with E-state index < -0.39 is 5.41 Å².